The summed E-state index contributed by atoms with van der Waals surface area (Å²) in [7, 11) is -3.75. The van der Waals surface area contributed by atoms with E-state index < -0.39 is 10.0 Å². The van der Waals surface area contributed by atoms with Crippen LogP contribution < -0.4 is 21.3 Å². The number of hydrogen-bond donors (Lipinski definition) is 3. The van der Waals surface area contributed by atoms with Gasteiger partial charge in [0.2, 0.25) is 21.8 Å². The van der Waals surface area contributed by atoms with Gasteiger partial charge in [-0.3, -0.25) is 19.0 Å². The first-order valence-corrected chi connectivity index (χ1v) is 15.6. The van der Waals surface area contributed by atoms with Crippen LogP contribution >= 0.6 is 11.8 Å². The summed E-state index contributed by atoms with van der Waals surface area (Å²) in [6, 6.07) is 13.2. The normalized spacial score (nSPS) is 15.3. The third-order valence-electron chi connectivity index (χ3n) is 6.48. The highest BCUT2D eigenvalue weighted by Crippen LogP contribution is 2.18. The molecule has 3 aromatic rings. The van der Waals surface area contributed by atoms with Gasteiger partial charge in [-0.15, -0.1) is 0 Å². The molecule has 4 N–H and O–H groups in total. The molecule has 11 nitrogen and oxygen atoms in total. The van der Waals surface area contributed by atoms with E-state index >= 15 is 0 Å². The fourth-order valence-electron chi connectivity index (χ4n) is 4.35. The van der Waals surface area contributed by atoms with Crippen LogP contribution in [0, 0.1) is 0 Å². The van der Waals surface area contributed by atoms with Crippen molar-refractivity contribution in [2.45, 2.75) is 54.8 Å². The largest absolute Gasteiger partial charge is 0.376 e. The monoisotopic (exact) mass is 587 g/mol. The number of nitrogens with one attached hydrogen (secondary N) is 2. The minimum Gasteiger partial charge on any atom is -0.376 e. The molecule has 1 aromatic heterocycles. The molecule has 0 aliphatic carbocycles. The highest BCUT2D eigenvalue weighted by molar-refractivity contribution is 7.99. The van der Waals surface area contributed by atoms with Gasteiger partial charge < -0.3 is 15.4 Å². The van der Waals surface area contributed by atoms with Crippen molar-refractivity contribution in [1.29, 1.82) is 0 Å². The Morgan fingerprint density at radius 1 is 1.10 bits per heavy atom. The molecule has 0 bridgehead atoms. The number of carbonyl (C=O) groups excluding carboxylic acids is 2. The number of carbonyl (C=O) groups is 2. The van der Waals surface area contributed by atoms with Crippen LogP contribution in [0.5, 0.6) is 0 Å². The van der Waals surface area contributed by atoms with E-state index in [1.165, 1.54) is 16.7 Å². The van der Waals surface area contributed by atoms with Crippen LogP contribution in [0.3, 0.4) is 0 Å². The quantitative estimate of drug-likeness (QED) is 0.200. The van der Waals surface area contributed by atoms with Gasteiger partial charge in [0, 0.05) is 32.7 Å². The van der Waals surface area contributed by atoms with Gasteiger partial charge in [-0.1, -0.05) is 36.0 Å². The number of rotatable bonds is 13. The molecule has 4 rings (SSSR count). The lowest BCUT2D eigenvalue weighted by molar-refractivity contribution is -0.121. The van der Waals surface area contributed by atoms with E-state index in [1.807, 2.05) is 0 Å². The SMILES string of the molecule is NS(=O)(=O)c1ccc(CCNC(=O)CSc2nc3ccccc3c(=O)n2CCCC(=O)NC[C@H]2CCCO2)cc1. The van der Waals surface area contributed by atoms with E-state index in [0.717, 1.165) is 36.8 Å². The predicted molar refractivity (Wildman–Crippen MR) is 152 cm³/mol. The summed E-state index contributed by atoms with van der Waals surface area (Å²) >= 11 is 1.16. The van der Waals surface area contributed by atoms with Gasteiger partial charge in [-0.05, 0) is 55.5 Å². The first-order valence-electron chi connectivity index (χ1n) is 13.1. The first kappa shape index (κ1) is 29.7. The molecule has 1 fully saturated rings. The second-order valence-corrected chi connectivity index (χ2v) is 12.0. The average Bonchev–Trinajstić information content (AvgIpc) is 3.46. The van der Waals surface area contributed by atoms with E-state index in [-0.39, 0.29) is 40.5 Å². The fourth-order valence-corrected chi connectivity index (χ4v) is 5.72. The molecule has 1 saturated heterocycles. The van der Waals surface area contributed by atoms with Crippen molar-refractivity contribution in [2.75, 3.05) is 25.4 Å². The van der Waals surface area contributed by atoms with E-state index in [2.05, 4.69) is 15.6 Å². The molecule has 13 heteroatoms. The minimum atomic E-state index is -3.75. The number of sulfonamides is 1. The first-order chi connectivity index (χ1) is 19.2. The maximum Gasteiger partial charge on any atom is 0.262 e. The average molecular weight is 588 g/mol. The van der Waals surface area contributed by atoms with Crippen molar-refractivity contribution >= 4 is 44.5 Å². The zero-order valence-corrected chi connectivity index (χ0v) is 23.6. The van der Waals surface area contributed by atoms with Crippen molar-refractivity contribution in [3.8, 4) is 0 Å². The number of nitrogens with two attached hydrogens (primary N) is 1. The molecule has 1 aliphatic heterocycles. The molecule has 0 spiro atoms. The lowest BCUT2D eigenvalue weighted by Crippen LogP contribution is -2.32. The van der Waals surface area contributed by atoms with Gasteiger partial charge in [0.15, 0.2) is 5.16 Å². The van der Waals surface area contributed by atoms with Gasteiger partial charge in [0.05, 0.1) is 27.7 Å². The Bertz CT molecular complexity index is 1500. The molecule has 0 unspecified atom stereocenters. The number of ether oxygens (including phenoxy) is 1. The molecule has 0 saturated carbocycles. The summed E-state index contributed by atoms with van der Waals surface area (Å²) in [5.41, 5.74) is 1.19. The number of primary sulfonamides is 1. The van der Waals surface area contributed by atoms with Crippen LogP contribution in [0.1, 0.15) is 31.2 Å². The second kappa shape index (κ2) is 13.9. The topological polar surface area (TPSA) is 162 Å². The Kier molecular flexibility index (Phi) is 10.3. The number of para-hydroxylation sites is 1. The van der Waals surface area contributed by atoms with Crippen molar-refractivity contribution in [3.05, 3.63) is 64.4 Å². The number of fused-ring (bicyclic) bond motifs is 1. The summed E-state index contributed by atoms with van der Waals surface area (Å²) in [5, 5.41) is 11.7. The Labute approximate surface area is 236 Å². The van der Waals surface area contributed by atoms with Crippen LogP contribution in [0.4, 0.5) is 0 Å². The molecule has 1 atom stereocenters. The zero-order valence-electron chi connectivity index (χ0n) is 22.0. The van der Waals surface area contributed by atoms with Crippen LogP contribution in [0.2, 0.25) is 0 Å². The molecule has 2 aromatic carbocycles. The Morgan fingerprint density at radius 2 is 1.88 bits per heavy atom. The molecular weight excluding hydrogens is 554 g/mol. The summed E-state index contributed by atoms with van der Waals surface area (Å²) in [6.45, 7) is 1.87. The minimum absolute atomic E-state index is 0.0323. The van der Waals surface area contributed by atoms with Crippen molar-refractivity contribution in [2.24, 2.45) is 5.14 Å². The van der Waals surface area contributed by atoms with Crippen LogP contribution in [-0.4, -0.2) is 61.3 Å². The summed E-state index contributed by atoms with van der Waals surface area (Å²) in [5.74, 6) is -0.268. The smallest absolute Gasteiger partial charge is 0.262 e. The number of benzene rings is 2. The van der Waals surface area contributed by atoms with Gasteiger partial charge >= 0.3 is 0 Å². The summed E-state index contributed by atoms with van der Waals surface area (Å²) in [4.78, 5) is 42.7. The van der Waals surface area contributed by atoms with Crippen LogP contribution in [0.15, 0.2) is 63.4 Å². The Morgan fingerprint density at radius 3 is 2.60 bits per heavy atom. The maximum absolute atomic E-state index is 13.2. The number of thioether (sulfide) groups is 1. The lowest BCUT2D eigenvalue weighted by Gasteiger charge is -2.14. The molecule has 214 valence electrons. The maximum atomic E-state index is 13.2. The lowest BCUT2D eigenvalue weighted by atomic mass is 10.1. The number of amides is 2. The number of hydrogen-bond acceptors (Lipinski definition) is 8. The standard InChI is InChI=1S/C27H33N5O6S2/c28-40(36,37)21-11-9-19(10-12-21)13-14-29-25(34)18-39-27-31-23-7-2-1-6-22(23)26(35)32(27)15-3-8-24(33)30-17-20-5-4-16-38-20/h1-2,6-7,9-12,20H,3-5,8,13-18H2,(H,29,34)(H,30,33)(H2,28,36,37)/t20-/m1/s1. The highest BCUT2D eigenvalue weighted by Gasteiger charge is 2.17. The van der Waals surface area contributed by atoms with Crippen molar-refractivity contribution in [3.63, 3.8) is 0 Å². The predicted octanol–water partition coefficient (Wildman–Crippen LogP) is 1.57. The van der Waals surface area contributed by atoms with Crippen LogP contribution in [-0.2, 0) is 37.3 Å². The molecular formula is C27H33N5O6S2. The third-order valence-corrected chi connectivity index (χ3v) is 8.39. The molecule has 2 heterocycles. The molecule has 2 amide bonds. The molecule has 0 radical (unpaired) electrons. The van der Waals surface area contributed by atoms with Gasteiger partial charge in [-0.25, -0.2) is 18.5 Å². The van der Waals surface area contributed by atoms with Gasteiger partial charge in [-0.2, -0.15) is 0 Å². The molecule has 40 heavy (non-hydrogen) atoms. The van der Waals surface area contributed by atoms with Gasteiger partial charge in [0.25, 0.3) is 5.56 Å². The van der Waals surface area contributed by atoms with Gasteiger partial charge in [0.1, 0.15) is 0 Å². The summed E-state index contributed by atoms with van der Waals surface area (Å²) < 4.78 is 29.8. The Hall–Kier alpha value is -3.26. The second-order valence-electron chi connectivity index (χ2n) is 9.49. The van der Waals surface area contributed by atoms with Crippen LogP contribution in [0.25, 0.3) is 10.9 Å². The van der Waals surface area contributed by atoms with E-state index in [0.29, 0.717) is 48.5 Å². The molecule has 1 aliphatic rings. The summed E-state index contributed by atoms with van der Waals surface area (Å²) in [6.07, 6.45) is 3.24. The van der Waals surface area contributed by atoms with Crippen molar-refractivity contribution < 1.29 is 22.7 Å². The number of nitrogens with zero attached hydrogens (tertiary/aromatic N) is 2. The number of aromatic nitrogens is 2. The Balaban J connectivity index is 1.31. The fraction of sp³-hybridized carbons (Fsp3) is 0.407. The van der Waals surface area contributed by atoms with Crippen molar-refractivity contribution in [1.82, 2.24) is 20.2 Å². The highest BCUT2D eigenvalue weighted by atomic mass is 32.2. The third kappa shape index (κ3) is 8.37. The van der Waals surface area contributed by atoms with E-state index in [4.69, 9.17) is 9.88 Å². The van der Waals surface area contributed by atoms with E-state index in [1.54, 1.807) is 36.4 Å². The zero-order chi connectivity index (χ0) is 28.5. The van der Waals surface area contributed by atoms with E-state index in [9.17, 15) is 22.8 Å².